The van der Waals surface area contributed by atoms with E-state index in [2.05, 4.69) is 35.7 Å². The molecule has 1 aromatic heterocycles. The maximum absolute atomic E-state index is 12.9. The van der Waals surface area contributed by atoms with Crippen LogP contribution in [0.25, 0.3) is 0 Å². The number of quaternary nitrogens is 1. The second kappa shape index (κ2) is 6.73. The Morgan fingerprint density at radius 3 is 2.41 bits per heavy atom. The predicted molar refractivity (Wildman–Crippen MR) is 104 cm³/mol. The molecule has 5 heteroatoms. The van der Waals surface area contributed by atoms with Gasteiger partial charge in [0, 0.05) is 22.4 Å². The number of carbonyl (C=O) groups excluding carboxylic acids is 2. The number of hydrogen-bond acceptors (Lipinski definition) is 3. The fourth-order valence-corrected chi connectivity index (χ4v) is 5.83. The molecule has 5 rings (SSSR count). The number of nitrogens with zero attached hydrogens (tertiary/aromatic N) is 1. The molecule has 2 aliphatic heterocycles. The highest BCUT2D eigenvalue weighted by Gasteiger charge is 2.49. The van der Waals surface area contributed by atoms with Crippen molar-refractivity contribution in [1.29, 1.82) is 0 Å². The molecule has 4 atom stereocenters. The van der Waals surface area contributed by atoms with E-state index in [1.807, 2.05) is 29.6 Å². The van der Waals surface area contributed by atoms with Crippen LogP contribution >= 0.6 is 11.3 Å². The molecule has 4 nitrogen and oxygen atoms in total. The number of allylic oxidation sites excluding steroid dienone is 2. The normalized spacial score (nSPS) is 29.7. The quantitative estimate of drug-likeness (QED) is 0.656. The number of thiophene rings is 1. The number of hydrogen-bond donors (Lipinski definition) is 1. The van der Waals surface area contributed by atoms with Crippen LogP contribution in [0.1, 0.15) is 34.9 Å². The number of benzene rings is 1. The summed E-state index contributed by atoms with van der Waals surface area (Å²) < 4.78 is 0. The highest BCUT2D eigenvalue weighted by molar-refractivity contribution is 7.10. The zero-order valence-corrected chi connectivity index (χ0v) is 16.0. The molecule has 1 N–H and O–H groups in total. The third kappa shape index (κ3) is 2.77. The number of likely N-dealkylation sites (tertiary alicyclic amines) is 1. The lowest BCUT2D eigenvalue weighted by Crippen LogP contribution is -3.15. The van der Waals surface area contributed by atoms with Gasteiger partial charge in [0.1, 0.15) is 6.04 Å². The summed E-state index contributed by atoms with van der Waals surface area (Å²) in [5, 5.41) is 2.16. The summed E-state index contributed by atoms with van der Waals surface area (Å²) in [4.78, 5) is 30.1. The molecular formula is C22H23N2O2S+. The maximum Gasteiger partial charge on any atom is 0.237 e. The molecule has 3 aliphatic rings. The Kier molecular flexibility index (Phi) is 4.21. The zero-order valence-electron chi connectivity index (χ0n) is 15.1. The van der Waals surface area contributed by atoms with Crippen LogP contribution in [0.4, 0.5) is 0 Å². The number of fused-ring (bicyclic) bond motifs is 2. The molecule has 1 unspecified atom stereocenters. The molecule has 138 valence electrons. The molecule has 3 heterocycles. The van der Waals surface area contributed by atoms with E-state index in [0.29, 0.717) is 19.5 Å². The van der Waals surface area contributed by atoms with Crippen LogP contribution < -0.4 is 4.90 Å². The molecule has 27 heavy (non-hydrogen) atoms. The Balaban J connectivity index is 1.46. The van der Waals surface area contributed by atoms with Crippen molar-refractivity contribution in [1.82, 2.24) is 4.90 Å². The number of carbonyl (C=O) groups is 2. The van der Waals surface area contributed by atoms with Crippen LogP contribution in [0, 0.1) is 11.8 Å². The Morgan fingerprint density at radius 1 is 1.00 bits per heavy atom. The summed E-state index contributed by atoms with van der Waals surface area (Å²) in [6, 6.07) is 12.9. The van der Waals surface area contributed by atoms with E-state index in [1.54, 1.807) is 4.90 Å². The Bertz CT molecular complexity index is 878. The molecule has 0 saturated carbocycles. The smallest absolute Gasteiger partial charge is 0.237 e. The highest BCUT2D eigenvalue weighted by atomic mass is 32.1. The van der Waals surface area contributed by atoms with Gasteiger partial charge in [-0.1, -0.05) is 42.5 Å². The predicted octanol–water partition coefficient (Wildman–Crippen LogP) is 2.19. The summed E-state index contributed by atoms with van der Waals surface area (Å²) in [5.41, 5.74) is 2.61. The minimum absolute atomic E-state index is 0.0322. The van der Waals surface area contributed by atoms with Crippen molar-refractivity contribution < 1.29 is 14.5 Å². The first-order valence-electron chi connectivity index (χ1n) is 9.70. The highest BCUT2D eigenvalue weighted by Crippen LogP contribution is 2.35. The molecule has 1 aliphatic carbocycles. The first-order valence-corrected chi connectivity index (χ1v) is 10.6. The number of amides is 2. The molecule has 0 spiro atoms. The first-order chi connectivity index (χ1) is 13.2. The van der Waals surface area contributed by atoms with Crippen LogP contribution in [0.3, 0.4) is 0 Å². The van der Waals surface area contributed by atoms with Crippen molar-refractivity contribution >= 4 is 23.2 Å². The Morgan fingerprint density at radius 2 is 1.70 bits per heavy atom. The van der Waals surface area contributed by atoms with Gasteiger partial charge in [0.05, 0.1) is 18.4 Å². The Hall–Kier alpha value is -2.24. The second-order valence-electron chi connectivity index (χ2n) is 7.72. The number of nitrogens with one attached hydrogen (secondary N) is 1. The van der Waals surface area contributed by atoms with Crippen molar-refractivity contribution in [3.63, 3.8) is 0 Å². The third-order valence-corrected chi connectivity index (χ3v) is 7.26. The van der Waals surface area contributed by atoms with Gasteiger partial charge in [0.25, 0.3) is 0 Å². The molecule has 0 bridgehead atoms. The fraction of sp³-hybridized carbons (Fsp3) is 0.364. The lowest BCUT2D eigenvalue weighted by molar-refractivity contribution is -0.934. The van der Waals surface area contributed by atoms with Gasteiger partial charge in [-0.2, -0.15) is 0 Å². The van der Waals surface area contributed by atoms with Crippen molar-refractivity contribution in [2.75, 3.05) is 13.2 Å². The van der Waals surface area contributed by atoms with Gasteiger partial charge in [-0.25, -0.2) is 4.90 Å². The minimum atomic E-state index is -0.140. The van der Waals surface area contributed by atoms with Gasteiger partial charge >= 0.3 is 0 Å². The number of imide groups is 1. The summed E-state index contributed by atoms with van der Waals surface area (Å²) >= 11 is 1.82. The van der Waals surface area contributed by atoms with Gasteiger partial charge in [-0.05, 0) is 24.3 Å². The lowest BCUT2D eigenvalue weighted by atomic mass is 9.85. The molecule has 0 radical (unpaired) electrons. The molecular weight excluding hydrogens is 356 g/mol. The third-order valence-electron chi connectivity index (χ3n) is 6.27. The standard InChI is InChI=1S/C22H22N2O2S/c25-21-16-8-4-5-9-17(16)22(26)24(21)14-23-12-10-19-18(11-13-27-19)20(23)15-6-2-1-3-7-15/h1-7,11,13,16-17,20H,8-10,12,14H2/p+1/t16-,17+,20-/m0/s1. The van der Waals surface area contributed by atoms with Crippen molar-refractivity contribution in [2.24, 2.45) is 11.8 Å². The average Bonchev–Trinajstić information content (AvgIpc) is 3.28. The van der Waals surface area contributed by atoms with Crippen LogP contribution in [-0.4, -0.2) is 29.9 Å². The van der Waals surface area contributed by atoms with E-state index in [4.69, 9.17) is 0 Å². The van der Waals surface area contributed by atoms with Crippen LogP contribution in [0.15, 0.2) is 53.9 Å². The van der Waals surface area contributed by atoms with Crippen LogP contribution in [-0.2, 0) is 16.0 Å². The van der Waals surface area contributed by atoms with Gasteiger partial charge in [-0.15, -0.1) is 11.3 Å². The van der Waals surface area contributed by atoms with Crippen LogP contribution in [0.5, 0.6) is 0 Å². The molecule has 2 amide bonds. The average molecular weight is 380 g/mol. The van der Waals surface area contributed by atoms with E-state index in [9.17, 15) is 9.59 Å². The lowest BCUT2D eigenvalue weighted by Gasteiger charge is -2.35. The summed E-state index contributed by atoms with van der Waals surface area (Å²) in [6.45, 7) is 1.41. The molecule has 1 fully saturated rings. The van der Waals surface area contributed by atoms with Crippen molar-refractivity contribution in [3.05, 3.63) is 69.9 Å². The van der Waals surface area contributed by atoms with Crippen molar-refractivity contribution in [3.8, 4) is 0 Å². The fourth-order valence-electron chi connectivity index (χ4n) is 4.91. The van der Waals surface area contributed by atoms with E-state index >= 15 is 0 Å². The molecule has 1 saturated heterocycles. The minimum Gasteiger partial charge on any atom is -0.307 e. The second-order valence-corrected chi connectivity index (χ2v) is 8.72. The summed E-state index contributed by atoms with van der Waals surface area (Å²) in [5.74, 6) is -0.216. The first kappa shape index (κ1) is 16.9. The largest absolute Gasteiger partial charge is 0.307 e. The SMILES string of the molecule is O=C1[C@H]2CC=CC[C@H]2C(=O)N1C[NH+]1CCc2sccc2[C@@H]1c1ccccc1. The Labute approximate surface area is 163 Å². The van der Waals surface area contributed by atoms with E-state index in [0.717, 1.165) is 13.0 Å². The zero-order chi connectivity index (χ0) is 18.4. The molecule has 2 aromatic rings. The van der Waals surface area contributed by atoms with Gasteiger partial charge in [-0.3, -0.25) is 9.59 Å². The monoisotopic (exact) mass is 379 g/mol. The van der Waals surface area contributed by atoms with E-state index < -0.39 is 0 Å². The maximum atomic E-state index is 12.9. The topological polar surface area (TPSA) is 41.8 Å². The van der Waals surface area contributed by atoms with Gasteiger partial charge in [0.15, 0.2) is 6.67 Å². The number of rotatable bonds is 3. The van der Waals surface area contributed by atoms with E-state index in [1.165, 1.54) is 20.9 Å². The summed E-state index contributed by atoms with van der Waals surface area (Å²) in [6.07, 6.45) is 6.52. The van der Waals surface area contributed by atoms with Crippen LogP contribution in [0.2, 0.25) is 0 Å². The molecule has 1 aromatic carbocycles. The van der Waals surface area contributed by atoms with Gasteiger partial charge in [0.2, 0.25) is 11.8 Å². The van der Waals surface area contributed by atoms with Gasteiger partial charge < -0.3 is 4.90 Å². The van der Waals surface area contributed by atoms with E-state index in [-0.39, 0.29) is 29.7 Å². The van der Waals surface area contributed by atoms with Crippen molar-refractivity contribution in [2.45, 2.75) is 25.3 Å². The summed E-state index contributed by atoms with van der Waals surface area (Å²) in [7, 11) is 0.